The Bertz CT molecular complexity index is 745. The highest BCUT2D eigenvalue weighted by atomic mass is 35.5. The number of aryl methyl sites for hydroxylation is 1. The van der Waals surface area contributed by atoms with E-state index in [0.29, 0.717) is 30.5 Å². The van der Waals surface area contributed by atoms with Crippen LogP contribution in [0, 0.1) is 6.92 Å². The summed E-state index contributed by atoms with van der Waals surface area (Å²) in [5.41, 5.74) is 2.41. The van der Waals surface area contributed by atoms with E-state index in [1.54, 1.807) is 12.1 Å². The maximum Gasteiger partial charge on any atom is 0.258 e. The Morgan fingerprint density at radius 2 is 1.89 bits per heavy atom. The Labute approximate surface area is 165 Å². The van der Waals surface area contributed by atoms with Crippen molar-refractivity contribution in [1.82, 2.24) is 10.2 Å². The molecular formula is C21H25ClN2O3. The molecule has 0 aliphatic carbocycles. The summed E-state index contributed by atoms with van der Waals surface area (Å²) < 4.78 is 11.0. The minimum atomic E-state index is -0.166. The first-order valence-electron chi connectivity index (χ1n) is 9.16. The van der Waals surface area contributed by atoms with Crippen LogP contribution in [0.4, 0.5) is 0 Å². The van der Waals surface area contributed by atoms with Gasteiger partial charge in [-0.05, 0) is 24.6 Å². The molecule has 2 aromatic carbocycles. The highest BCUT2D eigenvalue weighted by molar-refractivity contribution is 6.32. The number of halogens is 1. The Hall–Kier alpha value is -2.08. The predicted molar refractivity (Wildman–Crippen MR) is 106 cm³/mol. The summed E-state index contributed by atoms with van der Waals surface area (Å²) in [7, 11) is 0. The van der Waals surface area contributed by atoms with Crippen LogP contribution in [0.1, 0.15) is 17.2 Å². The number of ether oxygens (including phenoxy) is 2. The van der Waals surface area contributed by atoms with Crippen molar-refractivity contribution in [3.63, 3.8) is 0 Å². The van der Waals surface area contributed by atoms with Crippen LogP contribution >= 0.6 is 11.6 Å². The molecule has 0 saturated carbocycles. The van der Waals surface area contributed by atoms with Gasteiger partial charge in [0, 0.05) is 19.6 Å². The second-order valence-electron chi connectivity index (χ2n) is 6.60. The maximum absolute atomic E-state index is 12.3. The van der Waals surface area contributed by atoms with E-state index in [1.807, 2.05) is 12.1 Å². The lowest BCUT2D eigenvalue weighted by Crippen LogP contribution is -2.44. The van der Waals surface area contributed by atoms with Crippen molar-refractivity contribution in [3.05, 3.63) is 64.7 Å². The van der Waals surface area contributed by atoms with Crippen molar-refractivity contribution in [2.75, 3.05) is 39.5 Å². The number of carbonyl (C=O) groups excluding carboxylic acids is 1. The highest BCUT2D eigenvalue weighted by Gasteiger charge is 2.23. The Morgan fingerprint density at radius 1 is 1.19 bits per heavy atom. The summed E-state index contributed by atoms with van der Waals surface area (Å²) in [5, 5.41) is 3.49. The number of nitrogens with zero attached hydrogens (tertiary/aromatic N) is 1. The molecule has 0 spiro atoms. The lowest BCUT2D eigenvalue weighted by molar-refractivity contribution is -0.123. The van der Waals surface area contributed by atoms with E-state index in [4.69, 9.17) is 21.1 Å². The van der Waals surface area contributed by atoms with Crippen molar-refractivity contribution in [2.24, 2.45) is 0 Å². The minimum absolute atomic E-state index is 0.0620. The Morgan fingerprint density at radius 3 is 2.59 bits per heavy atom. The quantitative estimate of drug-likeness (QED) is 0.791. The van der Waals surface area contributed by atoms with E-state index in [-0.39, 0.29) is 18.6 Å². The van der Waals surface area contributed by atoms with Crippen molar-refractivity contribution in [1.29, 1.82) is 0 Å². The molecule has 1 heterocycles. The van der Waals surface area contributed by atoms with Crippen molar-refractivity contribution in [2.45, 2.75) is 13.0 Å². The molecule has 5 nitrogen and oxygen atoms in total. The third kappa shape index (κ3) is 5.70. The number of benzene rings is 2. The molecule has 0 aromatic heterocycles. The van der Waals surface area contributed by atoms with Gasteiger partial charge in [-0.1, -0.05) is 53.6 Å². The number of morpholine rings is 1. The topological polar surface area (TPSA) is 50.8 Å². The zero-order valence-corrected chi connectivity index (χ0v) is 16.2. The number of nitrogens with one attached hydrogen (secondary N) is 1. The van der Waals surface area contributed by atoms with Gasteiger partial charge in [-0.15, -0.1) is 0 Å². The van der Waals surface area contributed by atoms with Gasteiger partial charge in [0.05, 0.1) is 24.3 Å². The number of hydrogen-bond donors (Lipinski definition) is 1. The van der Waals surface area contributed by atoms with Gasteiger partial charge < -0.3 is 14.8 Å². The fourth-order valence-electron chi connectivity index (χ4n) is 3.10. The third-order valence-electron chi connectivity index (χ3n) is 4.64. The van der Waals surface area contributed by atoms with Crippen LogP contribution < -0.4 is 10.1 Å². The molecule has 1 N–H and O–H groups in total. The van der Waals surface area contributed by atoms with E-state index in [1.165, 1.54) is 11.1 Å². The molecule has 2 aromatic rings. The summed E-state index contributed by atoms with van der Waals surface area (Å²) in [6.07, 6.45) is 0. The molecule has 1 fully saturated rings. The largest absolute Gasteiger partial charge is 0.482 e. The third-order valence-corrected chi connectivity index (χ3v) is 4.95. The molecule has 1 aliphatic rings. The summed E-state index contributed by atoms with van der Waals surface area (Å²) >= 11 is 6.05. The molecule has 0 unspecified atom stereocenters. The molecule has 144 valence electrons. The number of amides is 1. The molecule has 3 rings (SSSR count). The SMILES string of the molecule is Cc1ccc([C@H](CNC(=O)COc2ccccc2Cl)N2CCOCC2)cc1. The Kier molecular flexibility index (Phi) is 7.10. The molecule has 27 heavy (non-hydrogen) atoms. The molecule has 1 aliphatic heterocycles. The molecule has 1 amide bonds. The number of carbonyl (C=O) groups is 1. The van der Waals surface area contributed by atoms with Crippen LogP contribution in [0.5, 0.6) is 5.75 Å². The zero-order valence-electron chi connectivity index (χ0n) is 15.5. The van der Waals surface area contributed by atoms with Crippen molar-refractivity contribution < 1.29 is 14.3 Å². The molecule has 0 bridgehead atoms. The molecular weight excluding hydrogens is 364 g/mol. The van der Waals surface area contributed by atoms with Gasteiger partial charge in [0.2, 0.25) is 0 Å². The van der Waals surface area contributed by atoms with Crippen molar-refractivity contribution >= 4 is 17.5 Å². The average Bonchev–Trinajstić information content (AvgIpc) is 2.69. The van der Waals surface area contributed by atoms with Gasteiger partial charge in [0.25, 0.3) is 5.91 Å². The normalized spacial score (nSPS) is 15.9. The summed E-state index contributed by atoms with van der Waals surface area (Å²) in [6.45, 7) is 5.66. The highest BCUT2D eigenvalue weighted by Crippen LogP contribution is 2.23. The van der Waals surface area contributed by atoms with Crippen LogP contribution in [0.3, 0.4) is 0 Å². The van der Waals surface area contributed by atoms with Crippen LogP contribution in [0.15, 0.2) is 48.5 Å². The molecule has 1 atom stereocenters. The van der Waals surface area contributed by atoms with E-state index in [9.17, 15) is 4.79 Å². The summed E-state index contributed by atoms with van der Waals surface area (Å²) in [6, 6.07) is 15.7. The lowest BCUT2D eigenvalue weighted by atomic mass is 10.0. The first-order valence-corrected chi connectivity index (χ1v) is 9.53. The molecule has 6 heteroatoms. The average molecular weight is 389 g/mol. The lowest BCUT2D eigenvalue weighted by Gasteiger charge is -2.35. The maximum atomic E-state index is 12.3. The fourth-order valence-corrected chi connectivity index (χ4v) is 3.29. The first-order chi connectivity index (χ1) is 13.1. The van der Waals surface area contributed by atoms with Gasteiger partial charge >= 0.3 is 0 Å². The molecule has 1 saturated heterocycles. The first kappa shape index (κ1) is 19.7. The van der Waals surface area contributed by atoms with Gasteiger partial charge in [-0.3, -0.25) is 9.69 Å². The zero-order chi connectivity index (χ0) is 19.1. The van der Waals surface area contributed by atoms with Crippen LogP contribution in [0.25, 0.3) is 0 Å². The number of hydrogen-bond acceptors (Lipinski definition) is 4. The van der Waals surface area contributed by atoms with Gasteiger partial charge in [-0.2, -0.15) is 0 Å². The molecule has 0 radical (unpaired) electrons. The minimum Gasteiger partial charge on any atom is -0.482 e. The van der Waals surface area contributed by atoms with Crippen LogP contribution in [-0.2, 0) is 9.53 Å². The fraction of sp³-hybridized carbons (Fsp3) is 0.381. The van der Waals surface area contributed by atoms with Crippen molar-refractivity contribution in [3.8, 4) is 5.75 Å². The van der Waals surface area contributed by atoms with Gasteiger partial charge in [-0.25, -0.2) is 0 Å². The number of rotatable bonds is 7. The standard InChI is InChI=1S/C21H25ClN2O3/c1-16-6-8-17(9-7-16)19(24-10-12-26-13-11-24)14-23-21(25)15-27-20-5-3-2-4-18(20)22/h2-9,19H,10-15H2,1H3,(H,23,25)/t19-/m0/s1. The van der Waals surface area contributed by atoms with Gasteiger partial charge in [0.15, 0.2) is 6.61 Å². The van der Waals surface area contributed by atoms with E-state index < -0.39 is 0 Å². The van der Waals surface area contributed by atoms with E-state index in [2.05, 4.69) is 41.4 Å². The second-order valence-corrected chi connectivity index (χ2v) is 7.01. The van der Waals surface area contributed by atoms with Crippen LogP contribution in [-0.4, -0.2) is 50.3 Å². The van der Waals surface area contributed by atoms with E-state index in [0.717, 1.165) is 13.1 Å². The summed E-state index contributed by atoms with van der Waals surface area (Å²) in [4.78, 5) is 14.6. The van der Waals surface area contributed by atoms with Gasteiger partial charge in [0.1, 0.15) is 5.75 Å². The predicted octanol–water partition coefficient (Wildman–Crippen LogP) is 3.22. The van der Waals surface area contributed by atoms with E-state index >= 15 is 0 Å². The monoisotopic (exact) mass is 388 g/mol. The second kappa shape index (κ2) is 9.74. The van der Waals surface area contributed by atoms with Crippen LogP contribution in [0.2, 0.25) is 5.02 Å². The Balaban J connectivity index is 1.59. The number of para-hydroxylation sites is 1. The summed E-state index contributed by atoms with van der Waals surface area (Å²) in [5.74, 6) is 0.345. The smallest absolute Gasteiger partial charge is 0.258 e.